The Morgan fingerprint density at radius 2 is 1.06 bits per heavy atom. The Balaban J connectivity index is 1.13. The van der Waals surface area contributed by atoms with Crippen LogP contribution in [0.2, 0.25) is 0 Å². The maximum atomic E-state index is 2.81. The number of hydrogen-bond acceptors (Lipinski definition) is 3. The predicted molar refractivity (Wildman–Crippen MR) is 335 cm³/mol. The lowest BCUT2D eigenvalue weighted by molar-refractivity contribution is 0.332. The molecule has 78 heavy (non-hydrogen) atoms. The summed E-state index contributed by atoms with van der Waals surface area (Å²) in [5, 5.41) is 2.72. The SMILES string of the molecule is Cc1ccccc1-c1cc2c3c(c1)N(c1ccc(C(C)(C)C)cc1-c1ccccc1)c1ccc4c(sc5cc6c(cc54)C(C)(C)CCC6(C)C)c1B3N1c3ccccc3C(c3ccccc3)(c3ccccc3)c3cccc-2c31. The first-order valence-corrected chi connectivity index (χ1v) is 29.0. The minimum Gasteiger partial charge on any atom is -0.376 e. The molecule has 1 aromatic heterocycles. The molecule has 4 aliphatic rings. The molecular weight excluding hydrogens is 960 g/mol. The summed E-state index contributed by atoms with van der Waals surface area (Å²) in [6.07, 6.45) is 2.36. The Bertz CT molecular complexity index is 4230. The van der Waals surface area contributed by atoms with E-state index in [4.69, 9.17) is 0 Å². The lowest BCUT2D eigenvalue weighted by Gasteiger charge is -2.53. The molecule has 0 spiro atoms. The molecule has 0 saturated carbocycles. The number of benzene rings is 10. The minimum atomic E-state index is -0.611. The normalized spacial score (nSPS) is 16.1. The van der Waals surface area contributed by atoms with Gasteiger partial charge in [0.25, 0.3) is 0 Å². The molecule has 4 heterocycles. The van der Waals surface area contributed by atoms with Crippen molar-refractivity contribution in [2.75, 3.05) is 9.71 Å². The molecule has 11 aromatic rings. The molecule has 3 aliphatic heterocycles. The number of hydrogen-bond donors (Lipinski definition) is 0. The zero-order valence-electron chi connectivity index (χ0n) is 46.0. The summed E-state index contributed by atoms with van der Waals surface area (Å²) >= 11 is 2.02. The number of fused-ring (bicyclic) bond motifs is 11. The van der Waals surface area contributed by atoms with Crippen molar-refractivity contribution in [1.29, 1.82) is 0 Å². The topological polar surface area (TPSA) is 6.48 Å². The zero-order chi connectivity index (χ0) is 53.0. The number of para-hydroxylation sites is 2. The van der Waals surface area contributed by atoms with E-state index >= 15 is 0 Å². The zero-order valence-corrected chi connectivity index (χ0v) is 46.8. The number of nitrogens with zero attached hydrogens (tertiary/aromatic N) is 2. The maximum Gasteiger partial charge on any atom is 0.334 e. The fourth-order valence-electron chi connectivity index (χ4n) is 14.6. The van der Waals surface area contributed by atoms with Crippen molar-refractivity contribution in [3.63, 3.8) is 0 Å². The van der Waals surface area contributed by atoms with Crippen LogP contribution in [0.3, 0.4) is 0 Å². The standard InChI is InChI=1S/C74H63BN2S/c1-46-23-18-19-30-52(46)48-41-57-53-31-22-33-59-69(53)77(63-34-21-20-32-58(63)74(59,49-26-14-10-15-27-49)50-28-16-11-17-29-50)75-67(57)65(42-48)76(62-37-35-51(71(2,3)4)43-55(62)47-24-12-9-13-25-47)64-38-36-54-56-44-60-61(45-66(56)78-70(54)68(64)75)73(7,8)40-39-72(60,5)6/h9-38,41-45H,39-40H2,1-8H3. The molecule has 15 rings (SSSR count). The number of rotatable bonds is 5. The molecule has 0 unspecified atom stereocenters. The Hall–Kier alpha value is -7.92. The first-order chi connectivity index (χ1) is 37.7. The van der Waals surface area contributed by atoms with Crippen molar-refractivity contribution >= 4 is 77.7 Å². The van der Waals surface area contributed by atoms with E-state index in [1.807, 2.05) is 11.3 Å². The predicted octanol–water partition coefficient (Wildman–Crippen LogP) is 18.7. The van der Waals surface area contributed by atoms with Gasteiger partial charge in [0.15, 0.2) is 0 Å². The van der Waals surface area contributed by atoms with Crippen molar-refractivity contribution < 1.29 is 0 Å². The first-order valence-electron chi connectivity index (χ1n) is 28.2. The van der Waals surface area contributed by atoms with Gasteiger partial charge in [0.05, 0.1) is 11.1 Å². The van der Waals surface area contributed by atoms with Crippen molar-refractivity contribution in [3.8, 4) is 33.4 Å². The highest BCUT2D eigenvalue weighted by molar-refractivity contribution is 7.27. The van der Waals surface area contributed by atoms with Crippen molar-refractivity contribution in [1.82, 2.24) is 0 Å². The van der Waals surface area contributed by atoms with Gasteiger partial charge in [0.2, 0.25) is 0 Å². The van der Waals surface area contributed by atoms with Gasteiger partial charge in [-0.3, -0.25) is 0 Å². The minimum absolute atomic E-state index is 0.0554. The van der Waals surface area contributed by atoms with E-state index in [-0.39, 0.29) is 23.1 Å². The summed E-state index contributed by atoms with van der Waals surface area (Å²) in [6, 6.07) is 82.0. The average molecular weight is 1020 g/mol. The molecule has 0 amide bonds. The Labute approximate surface area is 464 Å². The first kappa shape index (κ1) is 47.3. The summed E-state index contributed by atoms with van der Waals surface area (Å²) < 4.78 is 2.74. The van der Waals surface area contributed by atoms with Crippen LogP contribution in [0.4, 0.5) is 28.4 Å². The van der Waals surface area contributed by atoms with Crippen LogP contribution in [0.5, 0.6) is 0 Å². The summed E-state index contributed by atoms with van der Waals surface area (Å²) in [5.74, 6) is 0. The van der Waals surface area contributed by atoms with E-state index in [1.165, 1.54) is 150 Å². The third-order valence-corrected chi connectivity index (χ3v) is 19.9. The van der Waals surface area contributed by atoms with Gasteiger partial charge in [-0.1, -0.05) is 212 Å². The third kappa shape index (κ3) is 6.62. The monoisotopic (exact) mass is 1020 g/mol. The molecule has 0 N–H and O–H groups in total. The molecule has 0 saturated heterocycles. The van der Waals surface area contributed by atoms with E-state index in [1.54, 1.807) is 0 Å². The smallest absolute Gasteiger partial charge is 0.334 e. The summed E-state index contributed by atoms with van der Waals surface area (Å²) in [6.45, 7) is 19.0. The maximum absolute atomic E-state index is 2.81. The van der Waals surface area contributed by atoms with Gasteiger partial charge in [-0.2, -0.15) is 0 Å². The van der Waals surface area contributed by atoms with Crippen molar-refractivity contribution in [2.24, 2.45) is 0 Å². The highest BCUT2D eigenvalue weighted by atomic mass is 32.1. The lowest BCUT2D eigenvalue weighted by Crippen LogP contribution is -2.63. The Morgan fingerprint density at radius 1 is 0.449 bits per heavy atom. The van der Waals surface area contributed by atoms with E-state index in [0.717, 1.165) is 0 Å². The van der Waals surface area contributed by atoms with Crippen LogP contribution < -0.4 is 20.6 Å². The molecule has 2 nitrogen and oxygen atoms in total. The highest BCUT2D eigenvalue weighted by Crippen LogP contribution is 2.61. The van der Waals surface area contributed by atoms with Crippen LogP contribution in [-0.2, 0) is 21.7 Å². The second kappa shape index (κ2) is 16.8. The Morgan fingerprint density at radius 3 is 1.77 bits per heavy atom. The van der Waals surface area contributed by atoms with Crippen LogP contribution in [0.1, 0.15) is 106 Å². The quantitative estimate of drug-likeness (QED) is 0.159. The number of thiophene rings is 1. The fourth-order valence-corrected chi connectivity index (χ4v) is 15.9. The van der Waals surface area contributed by atoms with Crippen LogP contribution in [0.25, 0.3) is 53.6 Å². The largest absolute Gasteiger partial charge is 0.376 e. The van der Waals surface area contributed by atoms with Crippen LogP contribution in [-0.4, -0.2) is 6.85 Å². The van der Waals surface area contributed by atoms with E-state index in [0.29, 0.717) is 0 Å². The number of anilines is 5. The van der Waals surface area contributed by atoms with E-state index in [9.17, 15) is 0 Å². The van der Waals surface area contributed by atoms with E-state index in [2.05, 4.69) is 277 Å². The molecule has 0 atom stereocenters. The van der Waals surface area contributed by atoms with Crippen LogP contribution in [0.15, 0.2) is 212 Å². The van der Waals surface area contributed by atoms with Crippen molar-refractivity contribution in [2.45, 2.75) is 89.9 Å². The van der Waals surface area contributed by atoms with E-state index < -0.39 is 5.41 Å². The lowest BCUT2D eigenvalue weighted by atomic mass is 9.42. The van der Waals surface area contributed by atoms with Crippen LogP contribution in [0, 0.1) is 6.92 Å². The van der Waals surface area contributed by atoms with Gasteiger partial charge >= 0.3 is 6.85 Å². The molecule has 4 heteroatoms. The van der Waals surface area contributed by atoms with Gasteiger partial charge in [-0.15, -0.1) is 11.3 Å². The van der Waals surface area contributed by atoms with Gasteiger partial charge in [0, 0.05) is 54.0 Å². The average Bonchev–Trinajstić information content (AvgIpc) is 2.61. The molecule has 0 bridgehead atoms. The highest BCUT2D eigenvalue weighted by Gasteiger charge is 2.54. The van der Waals surface area contributed by atoms with Crippen molar-refractivity contribution in [3.05, 3.63) is 257 Å². The molecule has 1 aliphatic carbocycles. The Kier molecular flexibility index (Phi) is 10.2. The van der Waals surface area contributed by atoms with Gasteiger partial charge in [-0.05, 0) is 162 Å². The van der Waals surface area contributed by atoms with Gasteiger partial charge in [-0.25, -0.2) is 0 Å². The van der Waals surface area contributed by atoms with Gasteiger partial charge in [0.1, 0.15) is 0 Å². The second-order valence-corrected chi connectivity index (χ2v) is 26.1. The van der Waals surface area contributed by atoms with Crippen LogP contribution >= 0.6 is 11.3 Å². The molecule has 10 aromatic carbocycles. The second-order valence-electron chi connectivity index (χ2n) is 25.1. The third-order valence-electron chi connectivity index (χ3n) is 18.7. The number of aryl methyl sites for hydroxylation is 1. The molecule has 378 valence electrons. The van der Waals surface area contributed by atoms with Gasteiger partial charge < -0.3 is 9.71 Å². The summed E-state index contributed by atoms with van der Waals surface area (Å²) in [4.78, 5) is 5.49. The molecule has 0 radical (unpaired) electrons. The molecular formula is C74H63BN2S. The summed E-state index contributed by atoms with van der Waals surface area (Å²) in [5.41, 5.74) is 26.6. The fraction of sp³-hybridized carbons (Fsp3) is 0.189. The molecule has 0 fully saturated rings. The summed E-state index contributed by atoms with van der Waals surface area (Å²) in [7, 11) is 0.